The summed E-state index contributed by atoms with van der Waals surface area (Å²) in [6.45, 7) is 2.04. The second-order valence-electron chi connectivity index (χ2n) is 7.12. The van der Waals surface area contributed by atoms with Gasteiger partial charge in [0.05, 0.1) is 29.6 Å². The lowest BCUT2D eigenvalue weighted by Crippen LogP contribution is -2.14. The van der Waals surface area contributed by atoms with Crippen LogP contribution in [0.5, 0.6) is 10.9 Å². The number of ether oxygens (including phenoxy) is 2. The van der Waals surface area contributed by atoms with E-state index in [0.29, 0.717) is 44.0 Å². The number of carbonyl (C=O) groups is 1. The second kappa shape index (κ2) is 11.0. The molecule has 0 aromatic carbocycles. The van der Waals surface area contributed by atoms with Gasteiger partial charge in [-0.15, -0.1) is 5.10 Å². The lowest BCUT2D eigenvalue weighted by Gasteiger charge is -2.14. The molecule has 4 aromatic rings. The molecular weight excluding hydrogens is 490 g/mol. The fourth-order valence-corrected chi connectivity index (χ4v) is 3.88. The molecule has 0 bridgehead atoms. The zero-order chi connectivity index (χ0) is 24.8. The molecule has 0 fully saturated rings. The Kier molecular flexibility index (Phi) is 7.58. The largest absolute Gasteiger partial charge is 0.494 e. The van der Waals surface area contributed by atoms with Gasteiger partial charge in [-0.05, 0) is 42.5 Å². The molecule has 35 heavy (non-hydrogen) atoms. The van der Waals surface area contributed by atoms with Crippen LogP contribution in [-0.4, -0.2) is 51.4 Å². The zero-order valence-corrected chi connectivity index (χ0v) is 20.6. The summed E-state index contributed by atoms with van der Waals surface area (Å²) in [7, 11) is 3.19. The van der Waals surface area contributed by atoms with E-state index in [1.165, 1.54) is 12.4 Å². The van der Waals surface area contributed by atoms with Crippen molar-refractivity contribution in [1.82, 2.24) is 25.1 Å². The third-order valence-electron chi connectivity index (χ3n) is 4.72. The molecule has 0 atom stereocenters. The van der Waals surface area contributed by atoms with E-state index in [2.05, 4.69) is 35.5 Å². The van der Waals surface area contributed by atoms with Crippen molar-refractivity contribution in [3.63, 3.8) is 0 Å². The molecular formula is C23H20ClN7O3S. The van der Waals surface area contributed by atoms with E-state index < -0.39 is 5.91 Å². The number of hydrogen-bond donors (Lipinski definition) is 1. The first-order chi connectivity index (χ1) is 17.0. The summed E-state index contributed by atoms with van der Waals surface area (Å²) >= 11 is 6.94. The SMILES string of the molecule is CN=Cc1nccc(-c2cc(C)ncc2C(=O)Nc2nnc(OCc3ccc(Cl)cn3)s2)c1OC. The van der Waals surface area contributed by atoms with Gasteiger partial charge in [-0.25, -0.2) is 0 Å². The minimum atomic E-state index is -0.404. The quantitative estimate of drug-likeness (QED) is 0.350. The van der Waals surface area contributed by atoms with Crippen molar-refractivity contribution in [2.75, 3.05) is 19.5 Å². The van der Waals surface area contributed by atoms with Crippen LogP contribution in [0.4, 0.5) is 5.13 Å². The molecule has 0 aliphatic heterocycles. The number of anilines is 1. The number of carbonyl (C=O) groups excluding carboxylic acids is 1. The maximum Gasteiger partial charge on any atom is 0.296 e. The third-order valence-corrected chi connectivity index (χ3v) is 5.70. The molecule has 0 spiro atoms. The predicted octanol–water partition coefficient (Wildman–Crippen LogP) is 4.24. The second-order valence-corrected chi connectivity index (χ2v) is 8.50. The Morgan fingerprint density at radius 2 is 2.03 bits per heavy atom. The Morgan fingerprint density at radius 1 is 1.17 bits per heavy atom. The van der Waals surface area contributed by atoms with E-state index in [4.69, 9.17) is 21.1 Å². The summed E-state index contributed by atoms with van der Waals surface area (Å²) < 4.78 is 11.2. The van der Waals surface area contributed by atoms with Gasteiger partial charge in [-0.3, -0.25) is 30.1 Å². The summed E-state index contributed by atoms with van der Waals surface area (Å²) in [5, 5.41) is 11.8. The highest BCUT2D eigenvalue weighted by atomic mass is 35.5. The minimum Gasteiger partial charge on any atom is -0.494 e. The molecule has 1 amide bonds. The van der Waals surface area contributed by atoms with E-state index in [1.807, 2.05) is 13.0 Å². The summed E-state index contributed by atoms with van der Waals surface area (Å²) in [5.41, 5.74) is 3.63. The van der Waals surface area contributed by atoms with Gasteiger partial charge in [-0.1, -0.05) is 16.7 Å². The van der Waals surface area contributed by atoms with Crippen LogP contribution in [0, 0.1) is 6.92 Å². The number of nitrogens with one attached hydrogen (secondary N) is 1. The molecule has 4 heterocycles. The maximum absolute atomic E-state index is 13.2. The van der Waals surface area contributed by atoms with Crippen LogP contribution in [0.3, 0.4) is 0 Å². The average Bonchev–Trinajstić information content (AvgIpc) is 3.30. The van der Waals surface area contributed by atoms with Gasteiger partial charge in [-0.2, -0.15) is 0 Å². The van der Waals surface area contributed by atoms with Crippen molar-refractivity contribution >= 4 is 40.2 Å². The van der Waals surface area contributed by atoms with Crippen molar-refractivity contribution in [3.8, 4) is 22.1 Å². The molecule has 10 nitrogen and oxygen atoms in total. The number of hydrogen-bond acceptors (Lipinski definition) is 10. The maximum atomic E-state index is 13.2. The number of aryl methyl sites for hydroxylation is 1. The van der Waals surface area contributed by atoms with E-state index in [-0.39, 0.29) is 11.7 Å². The summed E-state index contributed by atoms with van der Waals surface area (Å²) in [6, 6.07) is 7.07. The summed E-state index contributed by atoms with van der Waals surface area (Å²) in [6.07, 6.45) is 6.28. The van der Waals surface area contributed by atoms with Gasteiger partial charge in [0, 0.05) is 42.5 Å². The number of nitrogens with zero attached hydrogens (tertiary/aromatic N) is 6. The highest BCUT2D eigenvalue weighted by molar-refractivity contribution is 7.17. The molecule has 0 aliphatic carbocycles. The van der Waals surface area contributed by atoms with Gasteiger partial charge in [0.1, 0.15) is 12.3 Å². The lowest BCUT2D eigenvalue weighted by molar-refractivity contribution is 0.102. The van der Waals surface area contributed by atoms with Gasteiger partial charge in [0.15, 0.2) is 5.75 Å². The topological polar surface area (TPSA) is 124 Å². The molecule has 0 saturated heterocycles. The van der Waals surface area contributed by atoms with Crippen molar-refractivity contribution in [3.05, 3.63) is 70.5 Å². The van der Waals surface area contributed by atoms with Crippen LogP contribution < -0.4 is 14.8 Å². The Hall–Kier alpha value is -3.96. The Balaban J connectivity index is 1.56. The zero-order valence-electron chi connectivity index (χ0n) is 19.0. The lowest BCUT2D eigenvalue weighted by atomic mass is 9.99. The number of aromatic nitrogens is 5. The normalized spacial score (nSPS) is 11.0. The van der Waals surface area contributed by atoms with Crippen molar-refractivity contribution in [1.29, 1.82) is 0 Å². The number of methoxy groups -OCH3 is 1. The fourth-order valence-electron chi connectivity index (χ4n) is 3.18. The Morgan fingerprint density at radius 3 is 2.77 bits per heavy atom. The Labute approximate surface area is 210 Å². The van der Waals surface area contributed by atoms with Gasteiger partial charge in [0.2, 0.25) is 5.13 Å². The van der Waals surface area contributed by atoms with Crippen LogP contribution in [0.1, 0.15) is 27.4 Å². The highest BCUT2D eigenvalue weighted by Gasteiger charge is 2.20. The first-order valence-corrected chi connectivity index (χ1v) is 11.5. The number of halogens is 1. The van der Waals surface area contributed by atoms with Gasteiger partial charge < -0.3 is 9.47 Å². The van der Waals surface area contributed by atoms with Gasteiger partial charge in [0.25, 0.3) is 11.1 Å². The molecule has 12 heteroatoms. The fraction of sp³-hybridized carbons (Fsp3) is 0.174. The van der Waals surface area contributed by atoms with Gasteiger partial charge >= 0.3 is 0 Å². The standard InChI is InChI=1S/C23H20ClN7O3S/c1-13-8-17(16-6-7-26-19(11-25-2)20(16)33-3)18(10-27-13)21(32)29-22-30-31-23(35-22)34-12-15-5-4-14(24)9-28-15/h4-11H,12H2,1-3H3,(H,29,30,32). The molecule has 0 aliphatic rings. The third kappa shape index (κ3) is 5.76. The van der Waals surface area contributed by atoms with Crippen LogP contribution >= 0.6 is 22.9 Å². The number of pyridine rings is 3. The van der Waals surface area contributed by atoms with Crippen LogP contribution in [0.25, 0.3) is 11.1 Å². The van der Waals surface area contributed by atoms with E-state index in [0.717, 1.165) is 17.0 Å². The average molecular weight is 510 g/mol. The van der Waals surface area contributed by atoms with Crippen molar-refractivity contribution in [2.24, 2.45) is 4.99 Å². The summed E-state index contributed by atoms with van der Waals surface area (Å²) in [4.78, 5) is 30.0. The van der Waals surface area contributed by atoms with Crippen LogP contribution in [0.15, 0.2) is 47.8 Å². The molecule has 1 N–H and O–H groups in total. The van der Waals surface area contributed by atoms with E-state index in [1.54, 1.807) is 44.8 Å². The highest BCUT2D eigenvalue weighted by Crippen LogP contribution is 2.34. The summed E-state index contributed by atoms with van der Waals surface area (Å²) in [5.74, 6) is 0.0966. The predicted molar refractivity (Wildman–Crippen MR) is 134 cm³/mol. The monoisotopic (exact) mass is 509 g/mol. The molecule has 4 aromatic heterocycles. The smallest absolute Gasteiger partial charge is 0.296 e. The number of aliphatic imine (C=N–C) groups is 1. The first-order valence-electron chi connectivity index (χ1n) is 10.3. The Bertz CT molecular complexity index is 1380. The van der Waals surface area contributed by atoms with E-state index >= 15 is 0 Å². The molecule has 0 saturated carbocycles. The molecule has 0 unspecified atom stereocenters. The molecule has 0 radical (unpaired) electrons. The number of amides is 1. The van der Waals surface area contributed by atoms with Crippen molar-refractivity contribution in [2.45, 2.75) is 13.5 Å². The minimum absolute atomic E-state index is 0.191. The van der Waals surface area contributed by atoms with Crippen LogP contribution in [-0.2, 0) is 6.61 Å². The van der Waals surface area contributed by atoms with E-state index in [9.17, 15) is 4.79 Å². The van der Waals surface area contributed by atoms with Crippen LogP contribution in [0.2, 0.25) is 5.02 Å². The first kappa shape index (κ1) is 24.2. The molecule has 4 rings (SSSR count). The van der Waals surface area contributed by atoms with Crippen molar-refractivity contribution < 1.29 is 14.3 Å². The molecule has 178 valence electrons. The number of rotatable bonds is 8.